The molecule has 1 amide bonds. The second kappa shape index (κ2) is 8.46. The van der Waals surface area contributed by atoms with Crippen LogP contribution in [-0.4, -0.2) is 59.0 Å². The van der Waals surface area contributed by atoms with Crippen LogP contribution in [-0.2, 0) is 4.79 Å². The summed E-state index contributed by atoms with van der Waals surface area (Å²) in [5.41, 5.74) is 9.21. The SMILES string of the molecule is COc1c(OCC(=O)N2CC[C@@H](O)C2)ccc(/C=C/c2n[nH]c3ccccc23)c1N. The van der Waals surface area contributed by atoms with Crippen molar-refractivity contribution in [3.63, 3.8) is 0 Å². The Morgan fingerprint density at radius 1 is 1.33 bits per heavy atom. The number of carbonyl (C=O) groups is 1. The normalized spacial score (nSPS) is 16.5. The van der Waals surface area contributed by atoms with Gasteiger partial charge in [0, 0.05) is 24.0 Å². The first-order valence-electron chi connectivity index (χ1n) is 9.73. The summed E-state index contributed by atoms with van der Waals surface area (Å²) in [4.78, 5) is 13.8. The van der Waals surface area contributed by atoms with Gasteiger partial charge in [-0.05, 0) is 30.7 Å². The predicted molar refractivity (Wildman–Crippen MR) is 115 cm³/mol. The molecule has 1 aliphatic rings. The number of benzene rings is 2. The second-order valence-electron chi connectivity index (χ2n) is 7.16. The molecule has 2 aromatic carbocycles. The summed E-state index contributed by atoms with van der Waals surface area (Å²) >= 11 is 0. The molecule has 8 heteroatoms. The molecule has 2 heterocycles. The number of carbonyl (C=O) groups excluding carboxylic acids is 1. The Balaban J connectivity index is 1.50. The van der Waals surface area contributed by atoms with Gasteiger partial charge in [0.15, 0.2) is 18.1 Å². The van der Waals surface area contributed by atoms with Gasteiger partial charge in [0.05, 0.1) is 30.1 Å². The molecule has 1 atom stereocenters. The van der Waals surface area contributed by atoms with Crippen LogP contribution in [0.25, 0.3) is 23.1 Å². The molecule has 0 saturated carbocycles. The lowest BCUT2D eigenvalue weighted by Crippen LogP contribution is -2.33. The minimum Gasteiger partial charge on any atom is -0.491 e. The molecule has 1 aliphatic heterocycles. The summed E-state index contributed by atoms with van der Waals surface area (Å²) in [5, 5.41) is 17.9. The van der Waals surface area contributed by atoms with Crippen LogP contribution in [0.1, 0.15) is 17.7 Å². The second-order valence-corrected chi connectivity index (χ2v) is 7.16. The number of aromatic nitrogens is 2. The summed E-state index contributed by atoms with van der Waals surface area (Å²) in [6.07, 6.45) is 3.87. The van der Waals surface area contributed by atoms with Crippen LogP contribution in [0, 0.1) is 0 Å². The van der Waals surface area contributed by atoms with Crippen LogP contribution in [0.15, 0.2) is 36.4 Å². The van der Waals surface area contributed by atoms with Crippen molar-refractivity contribution in [2.24, 2.45) is 0 Å². The Morgan fingerprint density at radius 3 is 2.93 bits per heavy atom. The fourth-order valence-corrected chi connectivity index (χ4v) is 3.54. The van der Waals surface area contributed by atoms with Gasteiger partial charge in [-0.2, -0.15) is 5.10 Å². The average Bonchev–Trinajstić information content (AvgIpc) is 3.37. The number of rotatable bonds is 6. The van der Waals surface area contributed by atoms with E-state index in [0.29, 0.717) is 36.7 Å². The number of H-pyrrole nitrogens is 1. The number of aliphatic hydroxyl groups excluding tert-OH is 1. The van der Waals surface area contributed by atoms with E-state index in [1.165, 1.54) is 7.11 Å². The number of nitrogens with one attached hydrogen (secondary N) is 1. The number of aromatic amines is 1. The molecule has 3 aromatic rings. The summed E-state index contributed by atoms with van der Waals surface area (Å²) in [5.74, 6) is 0.588. The maximum atomic E-state index is 12.3. The summed E-state index contributed by atoms with van der Waals surface area (Å²) < 4.78 is 11.1. The van der Waals surface area contributed by atoms with Gasteiger partial charge in [0.25, 0.3) is 5.91 Å². The van der Waals surface area contributed by atoms with Crippen LogP contribution in [0.4, 0.5) is 5.69 Å². The molecule has 0 unspecified atom stereocenters. The van der Waals surface area contributed by atoms with E-state index in [1.807, 2.05) is 42.5 Å². The first-order chi connectivity index (χ1) is 14.6. The largest absolute Gasteiger partial charge is 0.491 e. The molecule has 0 spiro atoms. The fourth-order valence-electron chi connectivity index (χ4n) is 3.54. The van der Waals surface area contributed by atoms with Crippen molar-refractivity contribution in [2.75, 3.05) is 32.5 Å². The fraction of sp³-hybridized carbons (Fsp3) is 0.273. The van der Waals surface area contributed by atoms with E-state index in [0.717, 1.165) is 22.2 Å². The monoisotopic (exact) mass is 408 g/mol. The molecule has 8 nitrogen and oxygen atoms in total. The van der Waals surface area contributed by atoms with Crippen molar-refractivity contribution in [2.45, 2.75) is 12.5 Å². The number of hydrogen-bond donors (Lipinski definition) is 3. The Hall–Kier alpha value is -3.52. The lowest BCUT2D eigenvalue weighted by molar-refractivity contribution is -0.132. The summed E-state index contributed by atoms with van der Waals surface area (Å²) in [6.45, 7) is 0.734. The Bertz CT molecular complexity index is 1090. The maximum absolute atomic E-state index is 12.3. The third-order valence-electron chi connectivity index (χ3n) is 5.19. The van der Waals surface area contributed by atoms with Crippen LogP contribution >= 0.6 is 0 Å². The number of amides is 1. The minimum atomic E-state index is -0.461. The Labute approximate surface area is 173 Å². The number of fused-ring (bicyclic) bond motifs is 1. The van der Waals surface area contributed by atoms with E-state index in [4.69, 9.17) is 15.2 Å². The zero-order valence-corrected chi connectivity index (χ0v) is 16.7. The number of nitrogen functional groups attached to an aromatic ring is 1. The summed E-state index contributed by atoms with van der Waals surface area (Å²) in [7, 11) is 1.51. The van der Waals surface area contributed by atoms with Gasteiger partial charge in [0.2, 0.25) is 0 Å². The standard InChI is InChI=1S/C22H24N4O4/c1-29-22-19(30-13-20(28)26-11-10-15(27)12-26)9-7-14(21(22)23)6-8-18-16-4-2-3-5-17(16)24-25-18/h2-9,15,27H,10-13,23H2,1H3,(H,24,25)/b8-6+/t15-/m1/s1. The molecule has 0 radical (unpaired) electrons. The van der Waals surface area contributed by atoms with Crippen LogP contribution in [0.2, 0.25) is 0 Å². The number of β-amino-alcohol motifs (C(OH)–C–C–N with tert-alkyl or cyclic N) is 1. The number of hydrogen-bond acceptors (Lipinski definition) is 6. The highest BCUT2D eigenvalue weighted by atomic mass is 16.5. The molecule has 0 aliphatic carbocycles. The Kier molecular flexibility index (Phi) is 5.58. The molecular weight excluding hydrogens is 384 g/mol. The first-order valence-corrected chi connectivity index (χ1v) is 9.73. The van der Waals surface area contributed by atoms with Crippen molar-refractivity contribution in [3.8, 4) is 11.5 Å². The van der Waals surface area contributed by atoms with Gasteiger partial charge in [0.1, 0.15) is 0 Å². The summed E-state index contributed by atoms with van der Waals surface area (Å²) in [6, 6.07) is 11.4. The van der Waals surface area contributed by atoms with Gasteiger partial charge in [-0.1, -0.05) is 24.3 Å². The zero-order chi connectivity index (χ0) is 21.1. The number of anilines is 1. The van der Waals surface area contributed by atoms with Crippen LogP contribution in [0.3, 0.4) is 0 Å². The van der Waals surface area contributed by atoms with E-state index in [1.54, 1.807) is 11.0 Å². The molecular formula is C22H24N4O4. The highest BCUT2D eigenvalue weighted by Crippen LogP contribution is 2.37. The molecule has 1 aromatic heterocycles. The highest BCUT2D eigenvalue weighted by Gasteiger charge is 2.25. The van der Waals surface area contributed by atoms with E-state index in [9.17, 15) is 9.90 Å². The predicted octanol–water partition coefficient (Wildman–Crippen LogP) is 2.30. The third kappa shape index (κ3) is 3.95. The average molecular weight is 408 g/mol. The molecule has 4 rings (SSSR count). The third-order valence-corrected chi connectivity index (χ3v) is 5.19. The lowest BCUT2D eigenvalue weighted by atomic mass is 10.1. The van der Waals surface area contributed by atoms with E-state index in [-0.39, 0.29) is 12.5 Å². The van der Waals surface area contributed by atoms with Gasteiger partial charge in [-0.3, -0.25) is 9.89 Å². The van der Waals surface area contributed by atoms with Gasteiger partial charge < -0.3 is 25.2 Å². The molecule has 30 heavy (non-hydrogen) atoms. The maximum Gasteiger partial charge on any atom is 0.260 e. The van der Waals surface area contributed by atoms with Gasteiger partial charge >= 0.3 is 0 Å². The number of likely N-dealkylation sites (tertiary alicyclic amines) is 1. The molecule has 4 N–H and O–H groups in total. The zero-order valence-electron chi connectivity index (χ0n) is 16.7. The highest BCUT2D eigenvalue weighted by molar-refractivity contribution is 5.90. The number of aliphatic hydroxyl groups is 1. The van der Waals surface area contributed by atoms with Crippen molar-refractivity contribution in [1.82, 2.24) is 15.1 Å². The molecule has 156 valence electrons. The molecule has 1 saturated heterocycles. The van der Waals surface area contributed by atoms with Crippen molar-refractivity contribution in [1.29, 1.82) is 0 Å². The van der Waals surface area contributed by atoms with Gasteiger partial charge in [-0.15, -0.1) is 0 Å². The number of methoxy groups -OCH3 is 1. The van der Waals surface area contributed by atoms with Gasteiger partial charge in [-0.25, -0.2) is 0 Å². The number of nitrogens with zero attached hydrogens (tertiary/aromatic N) is 2. The molecule has 1 fully saturated rings. The van der Waals surface area contributed by atoms with Crippen molar-refractivity contribution >= 4 is 34.6 Å². The first kappa shape index (κ1) is 19.8. The number of ether oxygens (including phenoxy) is 2. The lowest BCUT2D eigenvalue weighted by Gasteiger charge is -2.18. The van der Waals surface area contributed by atoms with Crippen molar-refractivity contribution in [3.05, 3.63) is 47.7 Å². The quantitative estimate of drug-likeness (QED) is 0.540. The Morgan fingerprint density at radius 2 is 2.17 bits per heavy atom. The topological polar surface area (TPSA) is 114 Å². The van der Waals surface area contributed by atoms with E-state index < -0.39 is 6.10 Å². The smallest absolute Gasteiger partial charge is 0.260 e. The van der Waals surface area contributed by atoms with Crippen LogP contribution in [0.5, 0.6) is 11.5 Å². The number of para-hydroxylation sites is 1. The molecule has 0 bridgehead atoms. The minimum absolute atomic E-state index is 0.142. The van der Waals surface area contributed by atoms with E-state index >= 15 is 0 Å². The van der Waals surface area contributed by atoms with Crippen LogP contribution < -0.4 is 15.2 Å². The van der Waals surface area contributed by atoms with Crippen molar-refractivity contribution < 1.29 is 19.4 Å². The van der Waals surface area contributed by atoms with E-state index in [2.05, 4.69) is 10.2 Å². The number of nitrogens with two attached hydrogens (primary N) is 1.